The Labute approximate surface area is 98.3 Å². The Kier molecular flexibility index (Phi) is 5.50. The average molecular weight is 225 g/mol. The molecule has 1 aliphatic heterocycles. The lowest BCUT2D eigenvalue weighted by Crippen LogP contribution is -2.36. The van der Waals surface area contributed by atoms with Gasteiger partial charge in [-0.15, -0.1) is 0 Å². The van der Waals surface area contributed by atoms with Crippen LogP contribution in [0.1, 0.15) is 52.9 Å². The van der Waals surface area contributed by atoms with Gasteiger partial charge in [0.15, 0.2) is 0 Å². The van der Waals surface area contributed by atoms with Crippen LogP contribution >= 0.6 is 0 Å². The van der Waals surface area contributed by atoms with Gasteiger partial charge in [0, 0.05) is 6.21 Å². The Morgan fingerprint density at radius 3 is 2.75 bits per heavy atom. The third-order valence-electron chi connectivity index (χ3n) is 3.15. The minimum Gasteiger partial charge on any atom is -0.455 e. The number of nitrogens with zero attached hydrogens (tertiary/aromatic N) is 1. The highest BCUT2D eigenvalue weighted by Crippen LogP contribution is 2.23. The van der Waals surface area contributed by atoms with Crippen molar-refractivity contribution < 1.29 is 9.53 Å². The van der Waals surface area contributed by atoms with Gasteiger partial charge in [0.1, 0.15) is 12.1 Å². The van der Waals surface area contributed by atoms with Crippen LogP contribution in [-0.2, 0) is 9.53 Å². The second kappa shape index (κ2) is 6.66. The first kappa shape index (κ1) is 13.2. The van der Waals surface area contributed by atoms with Gasteiger partial charge in [-0.25, -0.2) is 4.79 Å². The van der Waals surface area contributed by atoms with E-state index in [1.165, 1.54) is 19.3 Å². The Hall–Kier alpha value is -0.860. The topological polar surface area (TPSA) is 38.7 Å². The van der Waals surface area contributed by atoms with E-state index in [0.29, 0.717) is 5.92 Å². The maximum atomic E-state index is 11.7. The van der Waals surface area contributed by atoms with Gasteiger partial charge in [0.2, 0.25) is 0 Å². The largest absolute Gasteiger partial charge is 0.455 e. The smallest absolute Gasteiger partial charge is 0.331 e. The molecule has 3 atom stereocenters. The number of carbonyl (C=O) groups excluding carboxylic acids is 1. The quantitative estimate of drug-likeness (QED) is 0.515. The molecule has 3 unspecified atom stereocenters. The molecule has 3 heteroatoms. The molecule has 16 heavy (non-hydrogen) atoms. The van der Waals surface area contributed by atoms with E-state index in [2.05, 4.69) is 18.8 Å². The molecule has 3 nitrogen and oxygen atoms in total. The number of unbranched alkanes of at least 4 members (excludes halogenated alkanes) is 2. The van der Waals surface area contributed by atoms with E-state index in [-0.39, 0.29) is 18.1 Å². The third-order valence-corrected chi connectivity index (χ3v) is 3.15. The highest BCUT2D eigenvalue weighted by Gasteiger charge is 2.30. The summed E-state index contributed by atoms with van der Waals surface area (Å²) in [6.07, 6.45) is 7.31. The van der Waals surface area contributed by atoms with Crippen LogP contribution in [0.5, 0.6) is 0 Å². The van der Waals surface area contributed by atoms with Crippen molar-refractivity contribution in [1.82, 2.24) is 0 Å². The zero-order chi connectivity index (χ0) is 12.0. The van der Waals surface area contributed by atoms with Crippen LogP contribution < -0.4 is 0 Å². The van der Waals surface area contributed by atoms with E-state index >= 15 is 0 Å². The molecule has 0 bridgehead atoms. The molecule has 1 heterocycles. The van der Waals surface area contributed by atoms with E-state index < -0.39 is 0 Å². The van der Waals surface area contributed by atoms with E-state index in [0.717, 1.165) is 12.8 Å². The molecule has 0 aromatic rings. The van der Waals surface area contributed by atoms with Gasteiger partial charge in [-0.1, -0.05) is 39.5 Å². The van der Waals surface area contributed by atoms with Crippen LogP contribution in [0.25, 0.3) is 0 Å². The van der Waals surface area contributed by atoms with Crippen LogP contribution in [0.15, 0.2) is 4.99 Å². The van der Waals surface area contributed by atoms with Gasteiger partial charge in [-0.2, -0.15) is 0 Å². The van der Waals surface area contributed by atoms with Gasteiger partial charge < -0.3 is 4.74 Å². The number of aliphatic imine (C=N–C) groups is 1. The maximum Gasteiger partial charge on any atom is 0.331 e. The molecule has 0 spiro atoms. The van der Waals surface area contributed by atoms with Crippen molar-refractivity contribution in [2.45, 2.75) is 65.0 Å². The molecule has 1 aliphatic rings. The zero-order valence-corrected chi connectivity index (χ0v) is 10.6. The molecular weight excluding hydrogens is 202 g/mol. The molecule has 0 radical (unpaired) electrons. The fourth-order valence-electron chi connectivity index (χ4n) is 2.11. The number of cyclic esters (lactones) is 1. The van der Waals surface area contributed by atoms with Crippen LogP contribution in [-0.4, -0.2) is 24.3 Å². The van der Waals surface area contributed by atoms with E-state index in [4.69, 9.17) is 4.74 Å². The summed E-state index contributed by atoms with van der Waals surface area (Å²) in [7, 11) is 0. The fourth-order valence-corrected chi connectivity index (χ4v) is 2.11. The Morgan fingerprint density at radius 1 is 1.44 bits per heavy atom. The van der Waals surface area contributed by atoms with E-state index in [1.54, 1.807) is 6.21 Å². The predicted molar refractivity (Wildman–Crippen MR) is 65.8 cm³/mol. The van der Waals surface area contributed by atoms with Crippen molar-refractivity contribution in [2.24, 2.45) is 10.9 Å². The van der Waals surface area contributed by atoms with E-state index in [1.807, 2.05) is 6.92 Å². The normalized spacial score (nSPS) is 26.6. The summed E-state index contributed by atoms with van der Waals surface area (Å²) in [4.78, 5) is 16.0. The highest BCUT2D eigenvalue weighted by atomic mass is 16.5. The Bertz CT molecular complexity index is 250. The van der Waals surface area contributed by atoms with Crippen molar-refractivity contribution in [3.63, 3.8) is 0 Å². The lowest BCUT2D eigenvalue weighted by Gasteiger charge is -2.26. The summed E-state index contributed by atoms with van der Waals surface area (Å²) in [6, 6.07) is -0.252. The fraction of sp³-hybridized carbons (Fsp3) is 0.846. The molecule has 0 aliphatic carbocycles. The van der Waals surface area contributed by atoms with Crippen LogP contribution in [0.2, 0.25) is 0 Å². The summed E-state index contributed by atoms with van der Waals surface area (Å²) >= 11 is 0. The Morgan fingerprint density at radius 2 is 2.19 bits per heavy atom. The SMILES string of the molecule is CCCCCC(CC)C1N=CC(C)OC1=O. The molecule has 0 fully saturated rings. The number of carbonyl (C=O) groups is 1. The molecule has 0 N–H and O–H groups in total. The van der Waals surface area contributed by atoms with Crippen LogP contribution in [0.4, 0.5) is 0 Å². The number of esters is 1. The zero-order valence-electron chi connectivity index (χ0n) is 10.6. The van der Waals surface area contributed by atoms with Crippen LogP contribution in [0.3, 0.4) is 0 Å². The van der Waals surface area contributed by atoms with Crippen molar-refractivity contribution in [1.29, 1.82) is 0 Å². The summed E-state index contributed by atoms with van der Waals surface area (Å²) in [5.41, 5.74) is 0. The number of ether oxygens (including phenoxy) is 1. The molecule has 0 saturated heterocycles. The van der Waals surface area contributed by atoms with Gasteiger partial charge in [-0.3, -0.25) is 4.99 Å². The standard InChI is InChI=1S/C13H23NO2/c1-4-6-7-8-11(5-2)12-13(15)16-10(3)9-14-12/h9-12H,4-8H2,1-3H3. The maximum absolute atomic E-state index is 11.7. The number of hydrogen-bond donors (Lipinski definition) is 0. The molecule has 0 saturated carbocycles. The summed E-state index contributed by atoms with van der Waals surface area (Å²) in [5, 5.41) is 0. The van der Waals surface area contributed by atoms with Crippen LogP contribution in [0, 0.1) is 5.92 Å². The average Bonchev–Trinajstić information content (AvgIpc) is 2.26. The van der Waals surface area contributed by atoms with Gasteiger partial charge in [0.05, 0.1) is 0 Å². The first-order valence-corrected chi connectivity index (χ1v) is 6.42. The Balaban J connectivity index is 2.51. The minimum absolute atomic E-state index is 0.140. The van der Waals surface area contributed by atoms with Crippen molar-refractivity contribution in [3.05, 3.63) is 0 Å². The summed E-state index contributed by atoms with van der Waals surface area (Å²) in [6.45, 7) is 6.16. The predicted octanol–water partition coefficient (Wildman–Crippen LogP) is 2.98. The van der Waals surface area contributed by atoms with Gasteiger partial charge in [-0.05, 0) is 19.3 Å². The van der Waals surface area contributed by atoms with Crippen molar-refractivity contribution >= 4 is 12.2 Å². The van der Waals surface area contributed by atoms with Crippen molar-refractivity contribution in [2.75, 3.05) is 0 Å². The molecule has 0 amide bonds. The summed E-state index contributed by atoms with van der Waals surface area (Å²) < 4.78 is 5.20. The third kappa shape index (κ3) is 3.62. The monoisotopic (exact) mass is 225 g/mol. The second-order valence-electron chi connectivity index (χ2n) is 4.55. The van der Waals surface area contributed by atoms with Gasteiger partial charge in [0.25, 0.3) is 0 Å². The number of rotatable bonds is 6. The molecule has 92 valence electrons. The highest BCUT2D eigenvalue weighted by molar-refractivity contribution is 5.84. The summed E-state index contributed by atoms with van der Waals surface area (Å²) in [5.74, 6) is 0.209. The minimum atomic E-state index is -0.252. The lowest BCUT2D eigenvalue weighted by molar-refractivity contribution is -0.149. The molecule has 0 aromatic carbocycles. The molecule has 1 rings (SSSR count). The second-order valence-corrected chi connectivity index (χ2v) is 4.55. The number of hydrogen-bond acceptors (Lipinski definition) is 3. The molecular formula is C13H23NO2. The van der Waals surface area contributed by atoms with E-state index in [9.17, 15) is 4.79 Å². The lowest BCUT2D eigenvalue weighted by atomic mass is 9.91. The first-order valence-electron chi connectivity index (χ1n) is 6.42. The molecule has 0 aromatic heterocycles. The van der Waals surface area contributed by atoms with Gasteiger partial charge >= 0.3 is 5.97 Å². The first-order chi connectivity index (χ1) is 7.69. The van der Waals surface area contributed by atoms with Crippen molar-refractivity contribution in [3.8, 4) is 0 Å².